The second kappa shape index (κ2) is 5.51. The summed E-state index contributed by atoms with van der Waals surface area (Å²) in [6.07, 6.45) is 2.42. The molecule has 0 radical (unpaired) electrons. The normalized spacial score (nSPS) is 21.7. The van der Waals surface area contributed by atoms with Crippen LogP contribution < -0.4 is 10.6 Å². The number of hydrogen-bond acceptors (Lipinski definition) is 6. The Morgan fingerprint density at radius 2 is 2.28 bits per heavy atom. The zero-order chi connectivity index (χ0) is 13.0. The Balaban J connectivity index is 1.88. The highest BCUT2D eigenvalue weighted by atomic mass is 32.2. The van der Waals surface area contributed by atoms with Crippen LogP contribution in [0.4, 0.5) is 11.8 Å². The number of aromatic nitrogens is 2. The van der Waals surface area contributed by atoms with Crippen LogP contribution in [0.25, 0.3) is 0 Å². The van der Waals surface area contributed by atoms with Crippen LogP contribution in [0.5, 0.6) is 0 Å². The van der Waals surface area contributed by atoms with E-state index in [9.17, 15) is 8.42 Å². The van der Waals surface area contributed by atoms with E-state index in [4.69, 9.17) is 0 Å². The van der Waals surface area contributed by atoms with Gasteiger partial charge in [-0.1, -0.05) is 0 Å². The first-order chi connectivity index (χ1) is 8.59. The molecule has 1 atom stereocenters. The third kappa shape index (κ3) is 3.56. The monoisotopic (exact) mass is 270 g/mol. The summed E-state index contributed by atoms with van der Waals surface area (Å²) in [4.78, 5) is 8.35. The van der Waals surface area contributed by atoms with E-state index >= 15 is 0 Å². The van der Waals surface area contributed by atoms with E-state index < -0.39 is 9.84 Å². The Morgan fingerprint density at radius 1 is 1.44 bits per heavy atom. The number of anilines is 2. The molecule has 1 aromatic heterocycles. The summed E-state index contributed by atoms with van der Waals surface area (Å²) in [5, 5.41) is 6.20. The average molecular weight is 270 g/mol. The van der Waals surface area contributed by atoms with Gasteiger partial charge in [-0.2, -0.15) is 4.98 Å². The second-order valence-electron chi connectivity index (χ2n) is 4.45. The lowest BCUT2D eigenvalue weighted by molar-refractivity contribution is 0.595. The zero-order valence-electron chi connectivity index (χ0n) is 10.4. The van der Waals surface area contributed by atoms with Crippen LogP contribution in [0.15, 0.2) is 12.3 Å². The molecule has 1 unspecified atom stereocenters. The third-order valence-corrected chi connectivity index (χ3v) is 4.73. The first kappa shape index (κ1) is 13.1. The van der Waals surface area contributed by atoms with E-state index in [0.29, 0.717) is 18.2 Å². The molecule has 1 fully saturated rings. The maximum atomic E-state index is 11.3. The third-order valence-electron chi connectivity index (χ3n) is 2.89. The smallest absolute Gasteiger partial charge is 0.224 e. The Morgan fingerprint density at radius 3 is 2.94 bits per heavy atom. The van der Waals surface area contributed by atoms with Crippen molar-refractivity contribution in [1.82, 2.24) is 9.97 Å². The van der Waals surface area contributed by atoms with E-state index in [2.05, 4.69) is 20.6 Å². The van der Waals surface area contributed by atoms with Gasteiger partial charge in [-0.3, -0.25) is 0 Å². The van der Waals surface area contributed by atoms with Gasteiger partial charge in [0.1, 0.15) is 5.82 Å². The second-order valence-corrected chi connectivity index (χ2v) is 6.67. The maximum absolute atomic E-state index is 11.3. The van der Waals surface area contributed by atoms with E-state index in [1.165, 1.54) is 0 Å². The van der Waals surface area contributed by atoms with Gasteiger partial charge in [-0.05, 0) is 25.3 Å². The quantitative estimate of drug-likeness (QED) is 0.821. The van der Waals surface area contributed by atoms with Gasteiger partial charge < -0.3 is 10.6 Å². The number of hydrogen-bond donors (Lipinski definition) is 2. The van der Waals surface area contributed by atoms with Crippen molar-refractivity contribution in [3.63, 3.8) is 0 Å². The topological polar surface area (TPSA) is 84.0 Å². The van der Waals surface area contributed by atoms with Crippen LogP contribution >= 0.6 is 0 Å². The van der Waals surface area contributed by atoms with Crippen LogP contribution in [0.3, 0.4) is 0 Å². The van der Waals surface area contributed by atoms with Crippen LogP contribution in [0.1, 0.15) is 13.3 Å². The fourth-order valence-electron chi connectivity index (χ4n) is 1.98. The Bertz CT molecular complexity index is 504. The van der Waals surface area contributed by atoms with Crippen molar-refractivity contribution in [2.45, 2.75) is 13.3 Å². The van der Waals surface area contributed by atoms with E-state index in [0.717, 1.165) is 18.8 Å². The lowest BCUT2D eigenvalue weighted by Crippen LogP contribution is -2.16. The maximum Gasteiger partial charge on any atom is 0.224 e. The van der Waals surface area contributed by atoms with Crippen molar-refractivity contribution in [2.24, 2.45) is 5.92 Å². The molecule has 7 heteroatoms. The molecule has 0 aromatic carbocycles. The predicted molar refractivity (Wildman–Crippen MR) is 71.4 cm³/mol. The van der Waals surface area contributed by atoms with Crippen LogP contribution in [0.2, 0.25) is 0 Å². The molecule has 0 amide bonds. The first-order valence-electron chi connectivity index (χ1n) is 6.10. The number of rotatable bonds is 5. The van der Waals surface area contributed by atoms with Crippen molar-refractivity contribution in [3.8, 4) is 0 Å². The van der Waals surface area contributed by atoms with Crippen molar-refractivity contribution in [2.75, 3.05) is 35.2 Å². The van der Waals surface area contributed by atoms with Crippen molar-refractivity contribution >= 4 is 21.6 Å². The molecule has 1 saturated heterocycles. The molecule has 1 aliphatic rings. The van der Waals surface area contributed by atoms with Crippen LogP contribution in [0, 0.1) is 5.92 Å². The molecule has 6 nitrogen and oxygen atoms in total. The predicted octanol–water partition coefficient (Wildman–Crippen LogP) is 0.755. The Kier molecular flexibility index (Phi) is 4.00. The summed E-state index contributed by atoms with van der Waals surface area (Å²) in [5.74, 6) is 2.09. The van der Waals surface area contributed by atoms with Crippen LogP contribution in [-0.2, 0) is 9.84 Å². The average Bonchev–Trinajstić information content (AvgIpc) is 2.68. The SMILES string of the molecule is CCNc1nccc(NCC2CCS(=O)(=O)C2)n1. The fourth-order valence-corrected chi connectivity index (χ4v) is 3.84. The van der Waals surface area contributed by atoms with Crippen molar-refractivity contribution in [1.29, 1.82) is 0 Å². The largest absolute Gasteiger partial charge is 0.370 e. The van der Waals surface area contributed by atoms with Gasteiger partial charge in [0.15, 0.2) is 9.84 Å². The molecule has 2 rings (SSSR count). The number of sulfone groups is 1. The van der Waals surface area contributed by atoms with E-state index in [1.807, 2.05) is 6.92 Å². The number of nitrogens with zero attached hydrogens (tertiary/aromatic N) is 2. The summed E-state index contributed by atoms with van der Waals surface area (Å²) in [6, 6.07) is 1.78. The molecule has 1 aromatic rings. The molecule has 100 valence electrons. The summed E-state index contributed by atoms with van der Waals surface area (Å²) in [7, 11) is -2.80. The molecule has 0 aliphatic carbocycles. The molecular weight excluding hydrogens is 252 g/mol. The van der Waals surface area contributed by atoms with Crippen molar-refractivity contribution < 1.29 is 8.42 Å². The van der Waals surface area contributed by atoms with E-state index in [1.54, 1.807) is 12.3 Å². The Labute approximate surface area is 107 Å². The molecule has 0 saturated carbocycles. The van der Waals surface area contributed by atoms with E-state index in [-0.39, 0.29) is 11.7 Å². The van der Waals surface area contributed by atoms with Gasteiger partial charge in [0.25, 0.3) is 0 Å². The van der Waals surface area contributed by atoms with Gasteiger partial charge in [0, 0.05) is 19.3 Å². The Hall–Kier alpha value is -1.37. The molecule has 18 heavy (non-hydrogen) atoms. The van der Waals surface area contributed by atoms with Gasteiger partial charge >= 0.3 is 0 Å². The zero-order valence-corrected chi connectivity index (χ0v) is 11.2. The standard InChI is InChI=1S/C11H18N4O2S/c1-2-12-11-13-5-3-10(15-11)14-7-9-4-6-18(16,17)8-9/h3,5,9H,2,4,6-8H2,1H3,(H2,12,13,14,15). The lowest BCUT2D eigenvalue weighted by Gasteiger charge is -2.10. The molecule has 0 bridgehead atoms. The van der Waals surface area contributed by atoms with Gasteiger partial charge in [-0.15, -0.1) is 0 Å². The van der Waals surface area contributed by atoms with Crippen LogP contribution in [-0.4, -0.2) is 43.0 Å². The minimum absolute atomic E-state index is 0.188. The van der Waals surface area contributed by atoms with Gasteiger partial charge in [0.05, 0.1) is 11.5 Å². The van der Waals surface area contributed by atoms with Gasteiger partial charge in [0.2, 0.25) is 5.95 Å². The minimum atomic E-state index is -2.80. The molecule has 2 heterocycles. The first-order valence-corrected chi connectivity index (χ1v) is 7.92. The molecular formula is C11H18N4O2S. The molecule has 1 aliphatic heterocycles. The fraction of sp³-hybridized carbons (Fsp3) is 0.636. The lowest BCUT2D eigenvalue weighted by atomic mass is 10.1. The van der Waals surface area contributed by atoms with Gasteiger partial charge in [-0.25, -0.2) is 13.4 Å². The highest BCUT2D eigenvalue weighted by Gasteiger charge is 2.27. The summed E-state index contributed by atoms with van der Waals surface area (Å²) < 4.78 is 22.7. The summed E-state index contributed by atoms with van der Waals surface area (Å²) in [6.45, 7) is 3.39. The highest BCUT2D eigenvalue weighted by molar-refractivity contribution is 7.91. The van der Waals surface area contributed by atoms with Crippen molar-refractivity contribution in [3.05, 3.63) is 12.3 Å². The molecule has 2 N–H and O–H groups in total. The summed E-state index contributed by atoms with van der Waals surface area (Å²) in [5.41, 5.74) is 0. The molecule has 0 spiro atoms. The number of nitrogens with one attached hydrogen (secondary N) is 2. The summed E-state index contributed by atoms with van der Waals surface area (Å²) >= 11 is 0. The minimum Gasteiger partial charge on any atom is -0.370 e. The highest BCUT2D eigenvalue weighted by Crippen LogP contribution is 2.18.